The van der Waals surface area contributed by atoms with E-state index in [4.69, 9.17) is 0 Å². The van der Waals surface area contributed by atoms with Crippen LogP contribution in [0.15, 0.2) is 164 Å². The molecule has 0 atom stereocenters. The number of fused-ring (bicyclic) bond motifs is 5. The predicted octanol–water partition coefficient (Wildman–Crippen LogP) is 17.3. The monoisotopic (exact) mass is 913 g/mol. The maximum absolute atomic E-state index is 2.69. The number of anilines is 9. The molecule has 1 aliphatic carbocycles. The van der Waals surface area contributed by atoms with Gasteiger partial charge in [0.05, 0.1) is 34.1 Å². The zero-order valence-corrected chi connectivity index (χ0v) is 42.8. The summed E-state index contributed by atoms with van der Waals surface area (Å²) in [6, 6.07) is 63.7. The van der Waals surface area contributed by atoms with Crippen molar-refractivity contribution >= 4 is 96.6 Å². The van der Waals surface area contributed by atoms with Crippen LogP contribution in [-0.2, 0) is 21.7 Å². The zero-order valence-electron chi connectivity index (χ0n) is 41.9. The van der Waals surface area contributed by atoms with Gasteiger partial charge < -0.3 is 14.7 Å². The highest BCUT2D eigenvalue weighted by molar-refractivity contribution is 7.82. The van der Waals surface area contributed by atoms with Crippen LogP contribution in [0.3, 0.4) is 0 Å². The van der Waals surface area contributed by atoms with Gasteiger partial charge in [0.1, 0.15) is 0 Å². The van der Waals surface area contributed by atoms with Gasteiger partial charge in [-0.15, -0.1) is 0 Å². The topological polar surface area (TPSA) is 9.72 Å². The molecule has 4 aliphatic rings. The summed E-state index contributed by atoms with van der Waals surface area (Å²) < 4.78 is 0. The third-order valence-corrected chi connectivity index (χ3v) is 18.4. The fourth-order valence-electron chi connectivity index (χ4n) is 11.8. The van der Waals surface area contributed by atoms with Crippen LogP contribution in [0.5, 0.6) is 0 Å². The Bertz CT molecular complexity index is 3510. The van der Waals surface area contributed by atoms with Crippen molar-refractivity contribution in [1.82, 2.24) is 0 Å². The van der Waals surface area contributed by atoms with E-state index in [2.05, 4.69) is 255 Å². The minimum absolute atomic E-state index is 0.120. The van der Waals surface area contributed by atoms with Crippen LogP contribution in [0.4, 0.5) is 51.2 Å². The second-order valence-electron chi connectivity index (χ2n) is 23.6. The normalized spacial score (nSPS) is 15.4. The van der Waals surface area contributed by atoms with Gasteiger partial charge in [-0.2, -0.15) is 0 Å². The Kier molecular flexibility index (Phi) is 8.74. The van der Waals surface area contributed by atoms with Crippen molar-refractivity contribution in [2.24, 2.45) is 0 Å². The Morgan fingerprint density at radius 1 is 0.333 bits per heavy atom. The molecule has 0 N–H and O–H groups in total. The zero-order chi connectivity index (χ0) is 47.7. The Labute approximate surface area is 409 Å². The Morgan fingerprint density at radius 3 is 1.07 bits per heavy atom. The summed E-state index contributed by atoms with van der Waals surface area (Å²) in [4.78, 5) is 8.01. The molecule has 0 saturated heterocycles. The SMILES string of the molecule is CC(C)(C)c1cc2c3c(c1)N(c1ccc4ccccc4c1)c1cc(C(C)(C)C)cc4c1P3c1c(cc(C(C)(C)C)cc1N4c1ccc3ccccc3c1)N2c1ccc2c(c1)C(C)(C)c1ccccc1-2. The summed E-state index contributed by atoms with van der Waals surface area (Å²) in [6.45, 7) is 26.2. The average molecular weight is 914 g/mol. The Hall–Kier alpha value is -6.67. The second-order valence-corrected chi connectivity index (χ2v) is 25.7. The molecule has 0 radical (unpaired) electrons. The summed E-state index contributed by atoms with van der Waals surface area (Å²) in [5, 5.41) is 9.28. The fourth-order valence-corrected chi connectivity index (χ4v) is 14.9. The molecule has 340 valence electrons. The Morgan fingerprint density at radius 2 is 0.667 bits per heavy atom. The predicted molar refractivity (Wildman–Crippen MR) is 299 cm³/mol. The molecule has 13 rings (SSSR count). The summed E-state index contributed by atoms with van der Waals surface area (Å²) >= 11 is 0. The van der Waals surface area contributed by atoms with Crippen LogP contribution in [0.1, 0.15) is 104 Å². The molecule has 0 aromatic heterocycles. The van der Waals surface area contributed by atoms with Crippen LogP contribution >= 0.6 is 7.92 Å². The van der Waals surface area contributed by atoms with Crippen molar-refractivity contribution in [2.75, 3.05) is 14.7 Å². The third kappa shape index (κ3) is 6.15. The Balaban J connectivity index is 1.20. The lowest BCUT2D eigenvalue weighted by Crippen LogP contribution is -2.46. The van der Waals surface area contributed by atoms with Crippen molar-refractivity contribution in [1.29, 1.82) is 0 Å². The summed E-state index contributed by atoms with van der Waals surface area (Å²) in [5.41, 5.74) is 20.3. The molecule has 0 saturated carbocycles. The highest BCUT2D eigenvalue weighted by Gasteiger charge is 2.49. The largest absolute Gasteiger partial charge is 0.309 e. The standard InChI is InChI=1S/C65H60N3P/c1-62(2,3)43-32-53-59-54(33-43)67(47-27-25-40-19-13-15-21-42(40)31-47)56-35-45(64(7,8)9)37-58-61(56)69(59)60-55(66(53)46-26-24-39-18-12-14-20-41(39)30-46)34-44(63(4,5)6)36-57(60)68(58)48-28-29-50-49-22-16-17-23-51(49)65(10,11)52(50)38-48/h12-38H,1-11H3. The first-order valence-electron chi connectivity index (χ1n) is 24.8. The highest BCUT2D eigenvalue weighted by atomic mass is 31.1. The fraction of sp³-hybridized carbons (Fsp3) is 0.231. The van der Waals surface area contributed by atoms with Gasteiger partial charge in [-0.25, -0.2) is 0 Å². The van der Waals surface area contributed by atoms with Gasteiger partial charge in [-0.05, 0) is 150 Å². The smallest absolute Gasteiger partial charge is 0.0569 e. The molecule has 3 heterocycles. The van der Waals surface area contributed by atoms with Gasteiger partial charge in [0.15, 0.2) is 0 Å². The van der Waals surface area contributed by atoms with Crippen LogP contribution in [0.2, 0.25) is 0 Å². The second kappa shape index (κ2) is 14.2. The molecule has 3 nitrogen and oxygen atoms in total. The van der Waals surface area contributed by atoms with E-state index in [9.17, 15) is 0 Å². The molecule has 0 amide bonds. The van der Waals surface area contributed by atoms with Crippen LogP contribution in [0, 0.1) is 0 Å². The van der Waals surface area contributed by atoms with Crippen molar-refractivity contribution in [3.8, 4) is 11.1 Å². The molecule has 0 unspecified atom stereocenters. The maximum Gasteiger partial charge on any atom is 0.0569 e. The van der Waals surface area contributed by atoms with Crippen LogP contribution in [-0.4, -0.2) is 0 Å². The number of rotatable bonds is 3. The van der Waals surface area contributed by atoms with E-state index in [0.29, 0.717) is 0 Å². The maximum atomic E-state index is 2.69. The molecule has 0 bridgehead atoms. The molecular weight excluding hydrogens is 854 g/mol. The molecule has 9 aromatic rings. The van der Waals surface area contributed by atoms with E-state index in [1.54, 1.807) is 0 Å². The first-order chi connectivity index (χ1) is 32.9. The van der Waals surface area contributed by atoms with Gasteiger partial charge in [-0.3, -0.25) is 0 Å². The highest BCUT2D eigenvalue weighted by Crippen LogP contribution is 2.65. The van der Waals surface area contributed by atoms with E-state index in [1.165, 1.54) is 128 Å². The summed E-state index contributed by atoms with van der Waals surface area (Å²) in [5.74, 6) is 0. The first kappa shape index (κ1) is 42.4. The number of nitrogens with zero attached hydrogens (tertiary/aromatic N) is 3. The lowest BCUT2D eigenvalue weighted by atomic mass is 9.82. The molecule has 0 fully saturated rings. The quantitative estimate of drug-likeness (QED) is 0.164. The molecular formula is C65H60N3P. The van der Waals surface area contributed by atoms with Gasteiger partial charge in [0.2, 0.25) is 0 Å². The minimum Gasteiger partial charge on any atom is -0.309 e. The molecule has 69 heavy (non-hydrogen) atoms. The van der Waals surface area contributed by atoms with Crippen molar-refractivity contribution in [3.63, 3.8) is 0 Å². The van der Waals surface area contributed by atoms with Crippen molar-refractivity contribution in [2.45, 2.75) is 97.8 Å². The van der Waals surface area contributed by atoms with Gasteiger partial charge >= 0.3 is 0 Å². The van der Waals surface area contributed by atoms with E-state index in [1.807, 2.05) is 0 Å². The number of hydrogen-bond acceptors (Lipinski definition) is 3. The molecule has 9 aromatic carbocycles. The summed E-state index contributed by atoms with van der Waals surface area (Å²) in [7, 11) is -1.06. The van der Waals surface area contributed by atoms with E-state index >= 15 is 0 Å². The van der Waals surface area contributed by atoms with Crippen molar-refractivity contribution in [3.05, 3.63) is 192 Å². The number of hydrogen-bond donors (Lipinski definition) is 0. The van der Waals surface area contributed by atoms with E-state index in [0.717, 1.165) is 0 Å². The number of benzene rings is 9. The molecule has 0 spiro atoms. The van der Waals surface area contributed by atoms with Gasteiger partial charge in [0, 0.05) is 46.3 Å². The average Bonchev–Trinajstić information content (AvgIpc) is 3.55. The molecule has 4 heteroatoms. The third-order valence-electron chi connectivity index (χ3n) is 15.7. The lowest BCUT2D eigenvalue weighted by molar-refractivity contribution is 0.590. The van der Waals surface area contributed by atoms with Crippen LogP contribution in [0.25, 0.3) is 32.7 Å². The van der Waals surface area contributed by atoms with E-state index < -0.39 is 7.92 Å². The first-order valence-corrected chi connectivity index (χ1v) is 26.2. The van der Waals surface area contributed by atoms with Crippen LogP contribution < -0.4 is 30.6 Å². The van der Waals surface area contributed by atoms with E-state index in [-0.39, 0.29) is 21.7 Å². The van der Waals surface area contributed by atoms with Gasteiger partial charge in [-0.1, -0.05) is 167 Å². The molecule has 3 aliphatic heterocycles. The summed E-state index contributed by atoms with van der Waals surface area (Å²) in [6.07, 6.45) is 0. The lowest BCUT2D eigenvalue weighted by Gasteiger charge is -2.51. The minimum atomic E-state index is -1.06. The van der Waals surface area contributed by atoms with Crippen molar-refractivity contribution < 1.29 is 0 Å². The van der Waals surface area contributed by atoms with Gasteiger partial charge in [0.25, 0.3) is 0 Å².